The number of hydrogen-bond acceptors (Lipinski definition) is 5. The highest BCUT2D eigenvalue weighted by Crippen LogP contribution is 2.32. The minimum absolute atomic E-state index is 0.0157. The van der Waals surface area contributed by atoms with Crippen LogP contribution in [0.4, 0.5) is 18.0 Å². The molecule has 34 heavy (non-hydrogen) atoms. The molecule has 5 rings (SSSR count). The van der Waals surface area contributed by atoms with Gasteiger partial charge in [0.25, 0.3) is 0 Å². The number of nitrogens with zero attached hydrogens (tertiary/aromatic N) is 6. The van der Waals surface area contributed by atoms with Crippen LogP contribution in [-0.2, 0) is 0 Å². The molecule has 11 heteroatoms. The molecule has 0 spiro atoms. The summed E-state index contributed by atoms with van der Waals surface area (Å²) in [6.45, 7) is 4.15. The predicted molar refractivity (Wildman–Crippen MR) is 116 cm³/mol. The highest BCUT2D eigenvalue weighted by Gasteiger charge is 2.39. The molecule has 1 aromatic carbocycles. The van der Waals surface area contributed by atoms with Gasteiger partial charge in [0, 0.05) is 30.5 Å². The molecule has 2 aromatic heterocycles. The highest BCUT2D eigenvalue weighted by atomic mass is 19.1. The van der Waals surface area contributed by atoms with E-state index < -0.39 is 35.6 Å². The molecule has 2 aliphatic heterocycles. The number of likely N-dealkylation sites (tertiary alicyclic amines) is 1. The minimum atomic E-state index is -0.717. The zero-order valence-corrected chi connectivity index (χ0v) is 18.5. The fraction of sp³-hybridized carbons (Fsp3) is 0.304. The molecule has 4 heterocycles. The number of aryl methyl sites for hydroxylation is 2. The molecule has 2 amide bonds. The number of halogens is 3. The van der Waals surface area contributed by atoms with E-state index >= 15 is 0 Å². The second-order valence-corrected chi connectivity index (χ2v) is 8.34. The summed E-state index contributed by atoms with van der Waals surface area (Å²) in [5, 5.41) is 9.64. The Morgan fingerprint density at radius 2 is 1.79 bits per heavy atom. The third-order valence-electron chi connectivity index (χ3n) is 5.74. The normalized spacial score (nSPS) is 17.9. The van der Waals surface area contributed by atoms with E-state index in [9.17, 15) is 18.0 Å². The van der Waals surface area contributed by atoms with E-state index in [1.54, 1.807) is 4.68 Å². The number of hydrazone groups is 1. The van der Waals surface area contributed by atoms with E-state index in [1.165, 1.54) is 34.3 Å². The molecule has 0 bridgehead atoms. The van der Waals surface area contributed by atoms with Gasteiger partial charge in [-0.05, 0) is 37.6 Å². The summed E-state index contributed by atoms with van der Waals surface area (Å²) in [4.78, 5) is 18.5. The second-order valence-electron chi connectivity index (χ2n) is 8.34. The average Bonchev–Trinajstić information content (AvgIpc) is 3.37. The van der Waals surface area contributed by atoms with Gasteiger partial charge in [-0.2, -0.15) is 10.2 Å². The number of pyridine rings is 1. The summed E-state index contributed by atoms with van der Waals surface area (Å²) >= 11 is 0. The Hall–Kier alpha value is -3.89. The van der Waals surface area contributed by atoms with E-state index in [2.05, 4.69) is 15.2 Å². The van der Waals surface area contributed by atoms with Gasteiger partial charge in [0.1, 0.15) is 17.7 Å². The van der Waals surface area contributed by atoms with Crippen molar-refractivity contribution in [3.63, 3.8) is 0 Å². The number of benzene rings is 1. The molecule has 0 radical (unpaired) electrons. The Labute approximate surface area is 193 Å². The molecule has 0 N–H and O–H groups in total. The Balaban J connectivity index is 1.24. The minimum Gasteiger partial charge on any atom is -0.483 e. The summed E-state index contributed by atoms with van der Waals surface area (Å²) in [6.07, 6.45) is 2.53. The number of carbonyl (C=O) groups is 1. The van der Waals surface area contributed by atoms with Crippen LogP contribution in [0.3, 0.4) is 0 Å². The number of amides is 2. The monoisotopic (exact) mass is 470 g/mol. The zero-order valence-electron chi connectivity index (χ0n) is 18.5. The van der Waals surface area contributed by atoms with Gasteiger partial charge in [-0.3, -0.25) is 0 Å². The van der Waals surface area contributed by atoms with Gasteiger partial charge >= 0.3 is 6.03 Å². The fourth-order valence-corrected chi connectivity index (χ4v) is 4.11. The summed E-state index contributed by atoms with van der Waals surface area (Å²) in [5.41, 5.74) is 1.98. The van der Waals surface area contributed by atoms with Crippen LogP contribution in [0.2, 0.25) is 0 Å². The first kappa shape index (κ1) is 21.9. The van der Waals surface area contributed by atoms with Crippen molar-refractivity contribution < 1.29 is 22.7 Å². The molecule has 8 nitrogen and oxygen atoms in total. The summed E-state index contributed by atoms with van der Waals surface area (Å²) < 4.78 is 49.0. The van der Waals surface area contributed by atoms with Crippen LogP contribution >= 0.6 is 0 Å². The largest absolute Gasteiger partial charge is 0.483 e. The van der Waals surface area contributed by atoms with Gasteiger partial charge in [-0.15, -0.1) is 0 Å². The van der Waals surface area contributed by atoms with E-state index in [0.717, 1.165) is 23.7 Å². The van der Waals surface area contributed by atoms with Crippen LogP contribution in [-0.4, -0.2) is 56.1 Å². The predicted octanol–water partition coefficient (Wildman–Crippen LogP) is 3.92. The van der Waals surface area contributed by atoms with E-state index in [4.69, 9.17) is 4.74 Å². The molecule has 2 aliphatic rings. The molecular formula is C23H21F3N6O2. The van der Waals surface area contributed by atoms with Crippen molar-refractivity contribution >= 4 is 12.2 Å². The van der Waals surface area contributed by atoms with Crippen molar-refractivity contribution in [3.05, 3.63) is 70.9 Å². The van der Waals surface area contributed by atoms with Crippen LogP contribution in [0, 0.1) is 31.3 Å². The lowest BCUT2D eigenvalue weighted by Crippen LogP contribution is -2.58. The van der Waals surface area contributed by atoms with E-state index in [1.807, 2.05) is 19.9 Å². The van der Waals surface area contributed by atoms with Crippen LogP contribution in [0.1, 0.15) is 29.4 Å². The van der Waals surface area contributed by atoms with Gasteiger partial charge in [0.05, 0.1) is 31.0 Å². The third-order valence-corrected chi connectivity index (χ3v) is 5.74. The van der Waals surface area contributed by atoms with Crippen molar-refractivity contribution in [1.29, 1.82) is 0 Å². The molecular weight excluding hydrogens is 449 g/mol. The Morgan fingerprint density at radius 3 is 2.47 bits per heavy atom. The summed E-state index contributed by atoms with van der Waals surface area (Å²) in [6, 6.07) is 5.50. The fourth-order valence-electron chi connectivity index (χ4n) is 4.11. The average molecular weight is 470 g/mol. The van der Waals surface area contributed by atoms with Crippen molar-refractivity contribution in [3.8, 4) is 11.6 Å². The van der Waals surface area contributed by atoms with Crippen LogP contribution in [0.25, 0.3) is 5.82 Å². The van der Waals surface area contributed by atoms with Crippen LogP contribution < -0.4 is 4.74 Å². The van der Waals surface area contributed by atoms with Crippen LogP contribution in [0.15, 0.2) is 41.6 Å². The molecule has 176 valence electrons. The summed E-state index contributed by atoms with van der Waals surface area (Å²) in [5.74, 6) is -1.61. The number of rotatable bonds is 4. The smallest absolute Gasteiger partial charge is 0.341 e. The lowest BCUT2D eigenvalue weighted by Gasteiger charge is -2.41. The van der Waals surface area contributed by atoms with E-state index in [-0.39, 0.29) is 18.8 Å². The van der Waals surface area contributed by atoms with Crippen molar-refractivity contribution in [1.82, 2.24) is 24.7 Å². The lowest BCUT2D eigenvalue weighted by atomic mass is 10.0. The number of urea groups is 1. The quantitative estimate of drug-likeness (QED) is 0.579. The van der Waals surface area contributed by atoms with Gasteiger partial charge in [-0.1, -0.05) is 0 Å². The molecule has 1 atom stereocenters. The lowest BCUT2D eigenvalue weighted by molar-refractivity contribution is 0.0256. The zero-order chi connectivity index (χ0) is 24.0. The first-order valence-electron chi connectivity index (χ1n) is 10.7. The molecule has 0 saturated carbocycles. The Morgan fingerprint density at radius 1 is 1.06 bits per heavy atom. The van der Waals surface area contributed by atoms with Crippen molar-refractivity contribution in [2.75, 3.05) is 13.1 Å². The maximum absolute atomic E-state index is 14.3. The van der Waals surface area contributed by atoms with Crippen molar-refractivity contribution in [2.45, 2.75) is 32.4 Å². The maximum atomic E-state index is 14.3. The van der Waals surface area contributed by atoms with Gasteiger partial charge in [0.2, 0.25) is 0 Å². The molecule has 1 fully saturated rings. The van der Waals surface area contributed by atoms with Gasteiger partial charge in [0.15, 0.2) is 17.4 Å². The Bertz CT molecular complexity index is 1270. The standard InChI is InChI=1S/C23H21F3N6O2/c1-13-5-14(2)31(29-13)22-9-21(19(26)10-27-22)34-18-11-30(12-18)23(33)32-20(3-4-28-32)15-6-16(24)8-17(25)7-15/h4-10,18,20H,3,11-12H2,1-2H3. The Kier molecular flexibility index (Phi) is 5.46. The number of hydrogen-bond donors (Lipinski definition) is 0. The molecule has 3 aromatic rings. The molecule has 1 unspecified atom stereocenters. The number of aromatic nitrogens is 3. The van der Waals surface area contributed by atoms with Gasteiger partial charge in [-0.25, -0.2) is 32.6 Å². The van der Waals surface area contributed by atoms with E-state index in [0.29, 0.717) is 17.8 Å². The van der Waals surface area contributed by atoms with Crippen LogP contribution in [0.5, 0.6) is 5.75 Å². The second kappa shape index (κ2) is 8.47. The third kappa shape index (κ3) is 4.09. The highest BCUT2D eigenvalue weighted by molar-refractivity contribution is 5.79. The van der Waals surface area contributed by atoms with Crippen molar-refractivity contribution in [2.24, 2.45) is 5.10 Å². The number of ether oxygens (including phenoxy) is 1. The first-order chi connectivity index (χ1) is 16.3. The topological polar surface area (TPSA) is 75.8 Å². The molecule has 1 saturated heterocycles. The van der Waals surface area contributed by atoms with Gasteiger partial charge < -0.3 is 9.64 Å². The number of carbonyl (C=O) groups excluding carboxylic acids is 1. The first-order valence-corrected chi connectivity index (χ1v) is 10.7. The summed E-state index contributed by atoms with van der Waals surface area (Å²) in [7, 11) is 0. The molecule has 0 aliphatic carbocycles. The maximum Gasteiger partial charge on any atom is 0.341 e. The SMILES string of the molecule is Cc1cc(C)n(-c2cc(OC3CN(C(=O)N4N=CCC4c4cc(F)cc(F)c4)C3)c(F)cn2)n1.